The second kappa shape index (κ2) is 12.2. The molecule has 0 saturated carbocycles. The molecule has 0 spiro atoms. The van der Waals surface area contributed by atoms with Crippen LogP contribution in [0.4, 0.5) is 4.39 Å². The molecule has 0 unspecified atom stereocenters. The van der Waals surface area contributed by atoms with E-state index in [1.54, 1.807) is 19.2 Å². The number of guanidine groups is 1. The van der Waals surface area contributed by atoms with Crippen LogP contribution in [0, 0.1) is 11.7 Å². The summed E-state index contributed by atoms with van der Waals surface area (Å²) in [6.45, 7) is 9.61. The smallest absolute Gasteiger partial charge is 0.193 e. The number of ether oxygens (including phenoxy) is 2. The first-order valence-corrected chi connectivity index (χ1v) is 11.3. The van der Waals surface area contributed by atoms with Crippen molar-refractivity contribution in [2.24, 2.45) is 10.9 Å². The van der Waals surface area contributed by atoms with Crippen molar-refractivity contribution in [3.63, 3.8) is 0 Å². The topological polar surface area (TPSA) is 52.6 Å². The number of hydrogen-bond acceptors (Lipinski definition) is 5. The lowest BCUT2D eigenvalue weighted by molar-refractivity contribution is 0.120. The molecule has 3 rings (SSSR count). The maximum Gasteiger partial charge on any atom is 0.193 e. The minimum Gasteiger partial charge on any atom is -0.494 e. The van der Waals surface area contributed by atoms with Gasteiger partial charge in [-0.25, -0.2) is 4.39 Å². The molecule has 0 aromatic heterocycles. The Kier molecular flexibility index (Phi) is 9.36. The van der Waals surface area contributed by atoms with E-state index in [9.17, 15) is 4.39 Å². The van der Waals surface area contributed by atoms with Gasteiger partial charge in [0.05, 0.1) is 13.7 Å². The quantitative estimate of drug-likeness (QED) is 0.497. The van der Waals surface area contributed by atoms with Gasteiger partial charge in [-0.3, -0.25) is 9.89 Å². The number of nitrogens with one attached hydrogen (secondary N) is 1. The van der Waals surface area contributed by atoms with Gasteiger partial charge in [-0.2, -0.15) is 0 Å². The summed E-state index contributed by atoms with van der Waals surface area (Å²) in [5.41, 5.74) is 0.978. The Morgan fingerprint density at radius 1 is 1.10 bits per heavy atom. The first kappa shape index (κ1) is 23.8. The third-order valence-electron chi connectivity index (χ3n) is 6.37. The summed E-state index contributed by atoms with van der Waals surface area (Å²) in [7, 11) is 5.12. The lowest BCUT2D eigenvalue weighted by Gasteiger charge is -2.37. The Labute approximate surface area is 186 Å². The zero-order valence-corrected chi connectivity index (χ0v) is 19.3. The van der Waals surface area contributed by atoms with E-state index in [4.69, 9.17) is 9.47 Å². The van der Waals surface area contributed by atoms with Crippen LogP contribution in [0.1, 0.15) is 18.4 Å². The fourth-order valence-corrected chi connectivity index (χ4v) is 4.39. The van der Waals surface area contributed by atoms with Gasteiger partial charge >= 0.3 is 0 Å². The summed E-state index contributed by atoms with van der Waals surface area (Å²) in [6.07, 6.45) is 2.44. The van der Waals surface area contributed by atoms with Crippen LogP contribution < -0.4 is 10.1 Å². The van der Waals surface area contributed by atoms with Gasteiger partial charge in [0, 0.05) is 60.0 Å². The van der Waals surface area contributed by atoms with Crippen molar-refractivity contribution in [1.29, 1.82) is 0 Å². The lowest BCUT2D eigenvalue weighted by atomic mass is 9.97. The van der Waals surface area contributed by atoms with Gasteiger partial charge in [-0.15, -0.1) is 0 Å². The summed E-state index contributed by atoms with van der Waals surface area (Å²) < 4.78 is 24.1. The Morgan fingerprint density at radius 2 is 1.84 bits per heavy atom. The first-order chi connectivity index (χ1) is 15.1. The Balaban J connectivity index is 1.38. The predicted octanol–water partition coefficient (Wildman–Crippen LogP) is 1.89. The number of halogens is 1. The van der Waals surface area contributed by atoms with E-state index in [0.717, 1.165) is 77.0 Å². The second-order valence-corrected chi connectivity index (χ2v) is 8.44. The van der Waals surface area contributed by atoms with Crippen molar-refractivity contribution in [3.8, 4) is 5.75 Å². The molecule has 2 fully saturated rings. The van der Waals surface area contributed by atoms with Crippen molar-refractivity contribution in [3.05, 3.63) is 29.6 Å². The minimum absolute atomic E-state index is 0.295. The number of hydrogen-bond donors (Lipinski definition) is 1. The third-order valence-corrected chi connectivity index (χ3v) is 6.37. The normalized spacial score (nSPS) is 19.6. The van der Waals surface area contributed by atoms with E-state index >= 15 is 0 Å². The Bertz CT molecular complexity index is 701. The zero-order valence-electron chi connectivity index (χ0n) is 19.3. The van der Waals surface area contributed by atoms with E-state index in [2.05, 4.69) is 25.0 Å². The molecule has 0 radical (unpaired) electrons. The molecular weight excluding hydrogens is 397 g/mol. The van der Waals surface area contributed by atoms with Crippen LogP contribution in [-0.4, -0.2) is 101 Å². The predicted molar refractivity (Wildman–Crippen MR) is 122 cm³/mol. The van der Waals surface area contributed by atoms with Crippen molar-refractivity contribution >= 4 is 5.96 Å². The number of piperidine rings is 1. The van der Waals surface area contributed by atoms with E-state index in [-0.39, 0.29) is 5.82 Å². The van der Waals surface area contributed by atoms with E-state index < -0.39 is 0 Å². The molecule has 8 heteroatoms. The van der Waals surface area contributed by atoms with Crippen molar-refractivity contribution < 1.29 is 13.9 Å². The van der Waals surface area contributed by atoms with Gasteiger partial charge in [0.2, 0.25) is 0 Å². The second-order valence-electron chi connectivity index (χ2n) is 8.44. The van der Waals surface area contributed by atoms with Crippen molar-refractivity contribution in [2.75, 3.05) is 80.2 Å². The molecule has 0 amide bonds. The maximum atomic E-state index is 13.9. The fraction of sp³-hybridized carbons (Fsp3) is 0.696. The highest BCUT2D eigenvalue weighted by atomic mass is 19.1. The van der Waals surface area contributed by atoms with Crippen LogP contribution in [-0.2, 0) is 11.3 Å². The van der Waals surface area contributed by atoms with Crippen LogP contribution in [0.2, 0.25) is 0 Å². The molecule has 0 atom stereocenters. The number of benzene rings is 1. The number of methoxy groups -OCH3 is 2. The van der Waals surface area contributed by atoms with Gasteiger partial charge in [0.1, 0.15) is 0 Å². The zero-order chi connectivity index (χ0) is 22.1. The molecule has 7 nitrogen and oxygen atoms in total. The molecule has 1 aromatic rings. The molecule has 31 heavy (non-hydrogen) atoms. The van der Waals surface area contributed by atoms with Crippen LogP contribution in [0.25, 0.3) is 0 Å². The van der Waals surface area contributed by atoms with Crippen LogP contribution in [0.15, 0.2) is 23.2 Å². The summed E-state index contributed by atoms with van der Waals surface area (Å²) in [5.74, 6) is 1.69. The molecule has 0 aliphatic carbocycles. The SMILES string of the molecule is CN=C(NCC1CCN(CCOC)CC1)N1CCN(Cc2ccc(OC)c(F)c2)CC1. The molecule has 0 bridgehead atoms. The third kappa shape index (κ3) is 7.05. The van der Waals surface area contributed by atoms with Crippen molar-refractivity contribution in [2.45, 2.75) is 19.4 Å². The number of rotatable bonds is 8. The standard InChI is InChI=1S/C23H38FN5O2/c1-25-23(26-17-19-6-8-27(9-7-19)14-15-30-2)29-12-10-28(11-13-29)18-20-4-5-22(31-3)21(24)16-20/h4-5,16,19H,6-15,17-18H2,1-3H3,(H,25,26). The van der Waals surface area contributed by atoms with Gasteiger partial charge in [-0.05, 0) is 49.5 Å². The Hall–Kier alpha value is -1.90. The highest BCUT2D eigenvalue weighted by Crippen LogP contribution is 2.19. The molecule has 2 saturated heterocycles. The van der Waals surface area contributed by atoms with E-state index in [1.807, 2.05) is 13.1 Å². The number of likely N-dealkylation sites (tertiary alicyclic amines) is 1. The maximum absolute atomic E-state index is 13.9. The lowest BCUT2D eigenvalue weighted by Crippen LogP contribution is -2.53. The summed E-state index contributed by atoms with van der Waals surface area (Å²) >= 11 is 0. The highest BCUT2D eigenvalue weighted by Gasteiger charge is 2.22. The average Bonchev–Trinajstić information content (AvgIpc) is 2.80. The Morgan fingerprint density at radius 3 is 2.45 bits per heavy atom. The fourth-order valence-electron chi connectivity index (χ4n) is 4.39. The van der Waals surface area contributed by atoms with E-state index in [1.165, 1.54) is 20.0 Å². The minimum atomic E-state index is -0.298. The van der Waals surface area contributed by atoms with Gasteiger partial charge < -0.3 is 24.6 Å². The van der Waals surface area contributed by atoms with Crippen LogP contribution >= 0.6 is 0 Å². The van der Waals surface area contributed by atoms with Gasteiger partial charge in [0.25, 0.3) is 0 Å². The van der Waals surface area contributed by atoms with Crippen LogP contribution in [0.5, 0.6) is 5.75 Å². The summed E-state index contributed by atoms with van der Waals surface area (Å²) in [4.78, 5) is 11.7. The summed E-state index contributed by atoms with van der Waals surface area (Å²) in [5, 5.41) is 3.60. The molecule has 174 valence electrons. The molecule has 1 N–H and O–H groups in total. The monoisotopic (exact) mass is 435 g/mol. The molecule has 1 aromatic carbocycles. The highest BCUT2D eigenvalue weighted by molar-refractivity contribution is 5.80. The summed E-state index contributed by atoms with van der Waals surface area (Å²) in [6, 6.07) is 5.22. The molecule has 2 aliphatic rings. The van der Waals surface area contributed by atoms with Gasteiger partial charge in [-0.1, -0.05) is 6.07 Å². The van der Waals surface area contributed by atoms with Gasteiger partial charge in [0.15, 0.2) is 17.5 Å². The van der Waals surface area contributed by atoms with E-state index in [0.29, 0.717) is 11.7 Å². The largest absolute Gasteiger partial charge is 0.494 e. The molecular formula is C23H38FN5O2. The first-order valence-electron chi connectivity index (χ1n) is 11.3. The average molecular weight is 436 g/mol. The number of piperazine rings is 1. The van der Waals surface area contributed by atoms with Crippen LogP contribution in [0.3, 0.4) is 0 Å². The number of aliphatic imine (C=N–C) groups is 1. The molecule has 2 heterocycles. The molecule has 2 aliphatic heterocycles. The number of nitrogens with zero attached hydrogens (tertiary/aromatic N) is 4. The van der Waals surface area contributed by atoms with Crippen molar-refractivity contribution in [1.82, 2.24) is 20.0 Å².